The number of hydrogen-bond donors (Lipinski definition) is 0. The van der Waals surface area contributed by atoms with Crippen LogP contribution in [0.4, 0.5) is 0 Å². The summed E-state index contributed by atoms with van der Waals surface area (Å²) in [5.41, 5.74) is 3.86. The van der Waals surface area contributed by atoms with Gasteiger partial charge in [0, 0.05) is 16.6 Å². The first-order valence-corrected chi connectivity index (χ1v) is 6.26. The number of nitrogens with zero attached hydrogens (tertiary/aromatic N) is 1. The van der Waals surface area contributed by atoms with Crippen molar-refractivity contribution in [1.82, 2.24) is 0 Å². The van der Waals surface area contributed by atoms with Crippen LogP contribution in [0, 0.1) is 6.92 Å². The zero-order valence-corrected chi connectivity index (χ0v) is 11.2. The van der Waals surface area contributed by atoms with Gasteiger partial charge in [-0.2, -0.15) is 4.57 Å². The zero-order chi connectivity index (χ0) is 11.5. The number of hydrogen-bond acceptors (Lipinski definition) is 0. The van der Waals surface area contributed by atoms with E-state index in [1.165, 1.54) is 16.8 Å². The highest BCUT2D eigenvalue weighted by atomic mass is 79.9. The standard InChI is InChI=1S/C14H15BrN/c1-3-16-9-5-4-6-14(16)13-10-12(15)8-7-11(13)2/h4-10H,3H2,1-2H3/q+1. The van der Waals surface area contributed by atoms with Gasteiger partial charge in [0.25, 0.3) is 0 Å². The average Bonchev–Trinajstić information content (AvgIpc) is 2.32. The summed E-state index contributed by atoms with van der Waals surface area (Å²) in [7, 11) is 0. The number of aromatic nitrogens is 1. The Morgan fingerprint density at radius 1 is 1.19 bits per heavy atom. The fourth-order valence-electron chi connectivity index (χ4n) is 1.87. The number of halogens is 1. The molecule has 0 unspecified atom stereocenters. The van der Waals surface area contributed by atoms with Crippen LogP contribution < -0.4 is 4.57 Å². The van der Waals surface area contributed by atoms with E-state index >= 15 is 0 Å². The second-order valence-corrected chi connectivity index (χ2v) is 4.75. The van der Waals surface area contributed by atoms with Gasteiger partial charge in [-0.25, -0.2) is 0 Å². The fraction of sp³-hybridized carbons (Fsp3) is 0.214. The minimum absolute atomic E-state index is 0.988. The van der Waals surface area contributed by atoms with Crippen LogP contribution in [0.15, 0.2) is 47.1 Å². The van der Waals surface area contributed by atoms with Crippen molar-refractivity contribution in [2.24, 2.45) is 0 Å². The van der Waals surface area contributed by atoms with Crippen molar-refractivity contribution in [3.8, 4) is 11.3 Å². The van der Waals surface area contributed by atoms with E-state index in [4.69, 9.17) is 0 Å². The Labute approximate surface area is 105 Å². The molecule has 0 amide bonds. The molecule has 0 aliphatic carbocycles. The number of benzene rings is 1. The van der Waals surface area contributed by atoms with Gasteiger partial charge in [-0.3, -0.25) is 0 Å². The van der Waals surface area contributed by atoms with E-state index in [-0.39, 0.29) is 0 Å². The van der Waals surface area contributed by atoms with Crippen molar-refractivity contribution in [1.29, 1.82) is 0 Å². The van der Waals surface area contributed by atoms with Crippen molar-refractivity contribution >= 4 is 15.9 Å². The molecule has 2 rings (SSSR count). The molecule has 82 valence electrons. The molecule has 0 saturated carbocycles. The molecule has 0 N–H and O–H groups in total. The van der Waals surface area contributed by atoms with Gasteiger partial charge in [0.15, 0.2) is 6.20 Å². The van der Waals surface area contributed by atoms with Crippen LogP contribution in [0.25, 0.3) is 11.3 Å². The smallest absolute Gasteiger partial charge is 0.199 e. The van der Waals surface area contributed by atoms with Crippen molar-refractivity contribution in [2.45, 2.75) is 20.4 Å². The predicted octanol–water partition coefficient (Wildman–Crippen LogP) is 3.73. The molecular weight excluding hydrogens is 262 g/mol. The Bertz CT molecular complexity index is 506. The summed E-state index contributed by atoms with van der Waals surface area (Å²) in [5, 5.41) is 0. The molecule has 2 aromatic rings. The SMILES string of the molecule is CC[n+]1ccccc1-c1cc(Br)ccc1C. The van der Waals surface area contributed by atoms with Gasteiger partial charge in [0.1, 0.15) is 6.54 Å². The van der Waals surface area contributed by atoms with Crippen LogP contribution in [0.1, 0.15) is 12.5 Å². The van der Waals surface area contributed by atoms with Crippen molar-refractivity contribution in [3.63, 3.8) is 0 Å². The van der Waals surface area contributed by atoms with Gasteiger partial charge in [-0.05, 0) is 37.6 Å². The minimum Gasteiger partial charge on any atom is -0.199 e. The Balaban J connectivity index is 2.62. The summed E-state index contributed by atoms with van der Waals surface area (Å²) >= 11 is 3.53. The van der Waals surface area contributed by atoms with E-state index in [9.17, 15) is 0 Å². The third-order valence-electron chi connectivity index (χ3n) is 2.76. The van der Waals surface area contributed by atoms with Gasteiger partial charge < -0.3 is 0 Å². The largest absolute Gasteiger partial charge is 0.212 e. The van der Waals surface area contributed by atoms with Crippen LogP contribution >= 0.6 is 15.9 Å². The van der Waals surface area contributed by atoms with E-state index in [0.29, 0.717) is 0 Å². The Hall–Kier alpha value is -1.15. The van der Waals surface area contributed by atoms with Crippen molar-refractivity contribution in [3.05, 3.63) is 52.6 Å². The maximum Gasteiger partial charge on any atom is 0.212 e. The molecule has 0 spiro atoms. The molecule has 1 aromatic heterocycles. The first-order chi connectivity index (χ1) is 7.72. The molecule has 0 fully saturated rings. The summed E-state index contributed by atoms with van der Waals surface area (Å²) in [6, 6.07) is 12.7. The predicted molar refractivity (Wildman–Crippen MR) is 70.2 cm³/mol. The molecule has 0 radical (unpaired) electrons. The molecule has 0 aliphatic heterocycles. The first-order valence-electron chi connectivity index (χ1n) is 5.47. The molecule has 0 aliphatic rings. The normalized spacial score (nSPS) is 10.4. The van der Waals surface area contributed by atoms with Gasteiger partial charge in [0.2, 0.25) is 5.69 Å². The summed E-state index contributed by atoms with van der Waals surface area (Å²) in [6.07, 6.45) is 2.12. The number of pyridine rings is 1. The molecular formula is C14H15BrN+. The summed E-state index contributed by atoms with van der Waals surface area (Å²) in [4.78, 5) is 0. The molecule has 0 atom stereocenters. The lowest BCUT2D eigenvalue weighted by Crippen LogP contribution is -2.34. The molecule has 16 heavy (non-hydrogen) atoms. The van der Waals surface area contributed by atoms with E-state index in [0.717, 1.165) is 11.0 Å². The van der Waals surface area contributed by atoms with Gasteiger partial charge in [-0.1, -0.05) is 22.0 Å². The summed E-state index contributed by atoms with van der Waals surface area (Å²) in [6.45, 7) is 5.30. The third kappa shape index (κ3) is 2.17. The highest BCUT2D eigenvalue weighted by molar-refractivity contribution is 9.10. The van der Waals surface area contributed by atoms with Crippen molar-refractivity contribution < 1.29 is 4.57 Å². The second kappa shape index (κ2) is 4.79. The van der Waals surface area contributed by atoms with Crippen LogP contribution in [0.2, 0.25) is 0 Å². The van der Waals surface area contributed by atoms with Gasteiger partial charge in [0.05, 0.1) is 5.56 Å². The van der Waals surface area contributed by atoms with Crippen LogP contribution in [-0.2, 0) is 6.54 Å². The van der Waals surface area contributed by atoms with Crippen LogP contribution in [0.5, 0.6) is 0 Å². The number of rotatable bonds is 2. The molecule has 1 nitrogen and oxygen atoms in total. The highest BCUT2D eigenvalue weighted by Crippen LogP contribution is 2.24. The Kier molecular flexibility index (Phi) is 3.39. The van der Waals surface area contributed by atoms with E-state index in [1.807, 2.05) is 0 Å². The average molecular weight is 277 g/mol. The van der Waals surface area contributed by atoms with Crippen molar-refractivity contribution in [2.75, 3.05) is 0 Å². The zero-order valence-electron chi connectivity index (χ0n) is 9.57. The van der Waals surface area contributed by atoms with Crippen LogP contribution in [0.3, 0.4) is 0 Å². The molecule has 1 aromatic carbocycles. The fourth-order valence-corrected chi connectivity index (χ4v) is 2.23. The maximum absolute atomic E-state index is 3.53. The Morgan fingerprint density at radius 3 is 2.75 bits per heavy atom. The van der Waals surface area contributed by atoms with Gasteiger partial charge >= 0.3 is 0 Å². The molecule has 0 bridgehead atoms. The highest BCUT2D eigenvalue weighted by Gasteiger charge is 2.12. The quantitative estimate of drug-likeness (QED) is 0.736. The van der Waals surface area contributed by atoms with Crippen LogP contribution in [-0.4, -0.2) is 0 Å². The number of aryl methyl sites for hydroxylation is 2. The summed E-state index contributed by atoms with van der Waals surface area (Å²) < 4.78 is 3.38. The molecule has 2 heteroatoms. The second-order valence-electron chi connectivity index (χ2n) is 3.83. The minimum atomic E-state index is 0.988. The molecule has 0 saturated heterocycles. The summed E-state index contributed by atoms with van der Waals surface area (Å²) in [5.74, 6) is 0. The maximum atomic E-state index is 3.53. The lowest BCUT2D eigenvalue weighted by Gasteiger charge is -2.05. The van der Waals surface area contributed by atoms with E-state index in [2.05, 4.69) is 76.9 Å². The van der Waals surface area contributed by atoms with Gasteiger partial charge in [-0.15, -0.1) is 0 Å². The Morgan fingerprint density at radius 2 is 2.00 bits per heavy atom. The monoisotopic (exact) mass is 276 g/mol. The topological polar surface area (TPSA) is 3.88 Å². The lowest BCUT2D eigenvalue weighted by atomic mass is 10.0. The third-order valence-corrected chi connectivity index (χ3v) is 3.25. The van der Waals surface area contributed by atoms with E-state index < -0.39 is 0 Å². The first kappa shape index (κ1) is 11.3. The van der Waals surface area contributed by atoms with E-state index in [1.54, 1.807) is 0 Å². The lowest BCUT2D eigenvalue weighted by molar-refractivity contribution is -0.682. The molecule has 1 heterocycles.